The Balaban J connectivity index is 0.997. The molecular weight excluding hydrogens is 1120 g/mol. The van der Waals surface area contributed by atoms with Crippen LogP contribution in [-0.2, 0) is 67.6 Å². The normalized spacial score (nSPS) is 14.6. The summed E-state index contributed by atoms with van der Waals surface area (Å²) in [5.41, 5.74) is 3.63. The van der Waals surface area contributed by atoms with Crippen molar-refractivity contribution in [2.75, 3.05) is 64.7 Å². The second-order valence-electron chi connectivity index (χ2n) is 21.1. The van der Waals surface area contributed by atoms with Gasteiger partial charge in [-0.15, -0.1) is 0 Å². The van der Waals surface area contributed by atoms with Crippen LogP contribution in [0.5, 0.6) is 0 Å². The number of ether oxygens (including phenoxy) is 1. The highest BCUT2D eigenvalue weighted by Crippen LogP contribution is 2.29. The molecule has 26 heteroatoms. The first-order valence-corrected chi connectivity index (χ1v) is 30.6. The smallest absolute Gasteiger partial charge is 0.319 e. The summed E-state index contributed by atoms with van der Waals surface area (Å²) in [4.78, 5) is 129. The number of carbonyl (C=O) groups is 9. The number of carbonyl (C=O) groups excluding carboxylic acids is 9. The number of anilines is 1. The Morgan fingerprint density at radius 1 is 0.881 bits per heavy atom. The first-order valence-electron chi connectivity index (χ1n) is 28.4. The highest BCUT2D eigenvalue weighted by molar-refractivity contribution is 7.90. The van der Waals surface area contributed by atoms with E-state index in [0.29, 0.717) is 60.5 Å². The molecule has 3 atom stereocenters. The molecule has 1 saturated heterocycles. The number of aryl methyl sites for hydroxylation is 1. The van der Waals surface area contributed by atoms with Crippen LogP contribution in [0.25, 0.3) is 0 Å². The second kappa shape index (κ2) is 33.7. The lowest BCUT2D eigenvalue weighted by molar-refractivity contribution is -0.137. The minimum absolute atomic E-state index is 0.0694. The molecule has 0 radical (unpaired) electrons. The van der Waals surface area contributed by atoms with Crippen LogP contribution < -0.4 is 37.2 Å². The average Bonchev–Trinajstić information content (AvgIpc) is 3.42. The van der Waals surface area contributed by atoms with E-state index in [4.69, 9.17) is 16.3 Å². The number of piperidine rings is 1. The van der Waals surface area contributed by atoms with Crippen LogP contribution in [-0.4, -0.2) is 164 Å². The van der Waals surface area contributed by atoms with E-state index in [1.165, 1.54) is 22.2 Å². The van der Waals surface area contributed by atoms with E-state index in [9.17, 15) is 51.6 Å². The molecule has 0 spiro atoms. The number of unbranched alkanes of at least 4 members (excludes halogenated alkanes) is 2. The molecule has 0 bridgehead atoms. The summed E-state index contributed by atoms with van der Waals surface area (Å²) in [7, 11) is -1.92. The second-order valence-corrected chi connectivity index (χ2v) is 23.4. The lowest BCUT2D eigenvalue weighted by Gasteiger charge is -2.29. The van der Waals surface area contributed by atoms with Gasteiger partial charge in [-0.1, -0.05) is 69.3 Å². The Kier molecular flexibility index (Phi) is 27.0. The van der Waals surface area contributed by atoms with Crippen molar-refractivity contribution < 1.29 is 56.3 Å². The number of hydrogen-bond acceptors (Lipinski definition) is 15. The highest BCUT2D eigenvalue weighted by Gasteiger charge is 2.39. The highest BCUT2D eigenvalue weighted by atomic mass is 35.5. The number of sulfone groups is 1. The minimum Gasteiger partial charge on any atom is -0.351 e. The standard InChI is InChI=1S/C58H79ClN12O12S/c1-7-25-70(26-8-2)28-13-12-17-46(66-55(78)52(38(3)4)67-48(72)18-11-9-10-15-40-32-62-58(63-33-40)84(6,81)82)53(76)60-34-50(74)64-37-83-36-51(75)69(5)27-14-16-41-20-21-43(30-45(41)59)65-57(80)61-31-39-19-22-44-42(29-39)35-71(56(44)79)47-23-24-49(73)68-54(47)77/h19-22,29-30,32-33,38,46-47,52H,7-9,11-14,16-18,23-28,31,34-37H2,1-6H3,(H,60,76)(H,64,74)(H,66,78)(H,67,72)(H2,61,65,80)(H,68,73,77)/t46-,47?,52-/m0/s1. The van der Waals surface area contributed by atoms with Crippen LogP contribution >= 0.6 is 11.6 Å². The number of fused-ring (bicyclic) bond motifs is 1. The van der Waals surface area contributed by atoms with Crippen molar-refractivity contribution in [1.29, 1.82) is 0 Å². The van der Waals surface area contributed by atoms with Gasteiger partial charge in [0, 0.05) is 80.9 Å². The van der Waals surface area contributed by atoms with Gasteiger partial charge in [-0.25, -0.2) is 23.2 Å². The summed E-state index contributed by atoms with van der Waals surface area (Å²) < 4.78 is 28.7. The van der Waals surface area contributed by atoms with Gasteiger partial charge in [-0.05, 0) is 118 Å². The van der Waals surface area contributed by atoms with E-state index in [1.54, 1.807) is 51.2 Å². The maximum Gasteiger partial charge on any atom is 0.319 e. The molecule has 3 aromatic rings. The third-order valence-electron chi connectivity index (χ3n) is 13.8. The lowest BCUT2D eigenvalue weighted by Crippen LogP contribution is -2.56. The van der Waals surface area contributed by atoms with Crippen molar-refractivity contribution in [2.24, 2.45) is 5.92 Å². The molecule has 3 heterocycles. The molecule has 2 aliphatic rings. The van der Waals surface area contributed by atoms with Gasteiger partial charge < -0.3 is 51.3 Å². The van der Waals surface area contributed by atoms with E-state index >= 15 is 0 Å². The monoisotopic (exact) mass is 1200 g/mol. The van der Waals surface area contributed by atoms with Crippen molar-refractivity contribution in [3.63, 3.8) is 0 Å². The number of aromatic nitrogens is 2. The third-order valence-corrected chi connectivity index (χ3v) is 15.1. The van der Waals surface area contributed by atoms with E-state index in [2.05, 4.69) is 77.8 Å². The Morgan fingerprint density at radius 2 is 1.62 bits per heavy atom. The summed E-state index contributed by atoms with van der Waals surface area (Å²) in [5.74, 6) is 1.86. The summed E-state index contributed by atoms with van der Waals surface area (Å²) in [6.07, 6.45) is 9.57. The van der Waals surface area contributed by atoms with Crippen LogP contribution in [0.15, 0.2) is 53.9 Å². The SMILES string of the molecule is CCCN(CCC)CCCC[C@H](NC(=O)[C@@H](NC(=O)CCCC#Cc1cnc(S(C)(=O)=O)nc1)C(C)C)C(=O)NCC(=O)NCOCC(=O)N(C)CCCc1ccc(NC(=O)NCc2ccc3c(c2)CN(C2CCC(=O)NC2=O)C3=O)cc1Cl. The molecule has 10 amide bonds. The zero-order chi connectivity index (χ0) is 61.3. The number of halogens is 1. The number of nitrogens with zero attached hydrogens (tertiary/aromatic N) is 5. The van der Waals surface area contributed by atoms with Crippen LogP contribution in [0.1, 0.15) is 131 Å². The molecule has 2 aliphatic heterocycles. The van der Waals surface area contributed by atoms with E-state index < -0.39 is 64.2 Å². The van der Waals surface area contributed by atoms with Gasteiger partial charge in [-0.2, -0.15) is 0 Å². The fourth-order valence-corrected chi connectivity index (χ4v) is 10.1. The summed E-state index contributed by atoms with van der Waals surface area (Å²) in [6.45, 7) is 10.2. The van der Waals surface area contributed by atoms with Gasteiger partial charge in [0.1, 0.15) is 31.5 Å². The van der Waals surface area contributed by atoms with E-state index in [1.807, 2.05) is 6.07 Å². The maximum absolute atomic E-state index is 13.7. The van der Waals surface area contributed by atoms with Crippen molar-refractivity contribution in [3.8, 4) is 11.8 Å². The molecule has 2 aromatic carbocycles. The van der Waals surface area contributed by atoms with Crippen LogP contribution in [0.4, 0.5) is 10.5 Å². The molecule has 0 saturated carbocycles. The molecule has 0 aliphatic carbocycles. The van der Waals surface area contributed by atoms with Gasteiger partial charge in [0.2, 0.25) is 56.3 Å². The van der Waals surface area contributed by atoms with Gasteiger partial charge in [0.15, 0.2) is 0 Å². The average molecular weight is 1200 g/mol. The van der Waals surface area contributed by atoms with Gasteiger partial charge in [0.25, 0.3) is 5.91 Å². The number of likely N-dealkylation sites (N-methyl/N-ethyl adjacent to an activating group) is 1. The minimum atomic E-state index is -3.54. The largest absolute Gasteiger partial charge is 0.351 e. The number of hydrogen-bond donors (Lipinski definition) is 7. The lowest BCUT2D eigenvalue weighted by atomic mass is 10.0. The molecule has 1 unspecified atom stereocenters. The number of imide groups is 1. The topological polar surface area (TPSA) is 317 Å². The fraction of sp³-hybridized carbons (Fsp3) is 0.534. The number of nitrogens with one attached hydrogen (secondary N) is 7. The predicted molar refractivity (Wildman–Crippen MR) is 313 cm³/mol. The maximum atomic E-state index is 13.7. The number of urea groups is 1. The molecule has 5 rings (SSSR count). The van der Waals surface area contributed by atoms with Gasteiger partial charge >= 0.3 is 6.03 Å². The molecule has 7 N–H and O–H groups in total. The Bertz CT molecular complexity index is 3000. The zero-order valence-electron chi connectivity index (χ0n) is 48.7. The Morgan fingerprint density at radius 3 is 2.30 bits per heavy atom. The predicted octanol–water partition coefficient (Wildman–Crippen LogP) is 3.35. The number of benzene rings is 2. The van der Waals surface area contributed by atoms with Gasteiger partial charge in [-0.3, -0.25) is 43.7 Å². The summed E-state index contributed by atoms with van der Waals surface area (Å²) in [5, 5.41) is 18.7. The summed E-state index contributed by atoms with van der Waals surface area (Å²) in [6, 6.07) is 7.17. The molecule has 456 valence electrons. The first-order chi connectivity index (χ1) is 40.1. The van der Waals surface area contributed by atoms with Crippen LogP contribution in [0.3, 0.4) is 0 Å². The fourth-order valence-electron chi connectivity index (χ4n) is 9.32. The zero-order valence-corrected chi connectivity index (χ0v) is 50.3. The first kappa shape index (κ1) is 67.3. The third kappa shape index (κ3) is 21.9. The van der Waals surface area contributed by atoms with Crippen molar-refractivity contribution in [1.82, 2.24) is 56.6 Å². The van der Waals surface area contributed by atoms with Crippen molar-refractivity contribution >= 4 is 80.4 Å². The molecular formula is C58H79ClN12O12S. The van der Waals surface area contributed by atoms with Crippen molar-refractivity contribution in [3.05, 3.63) is 81.6 Å². The Labute approximate surface area is 496 Å². The Hall–Kier alpha value is -7.53. The number of rotatable bonds is 32. The quantitative estimate of drug-likeness (QED) is 0.0155. The number of amides is 10. The van der Waals surface area contributed by atoms with Crippen molar-refractivity contribution in [2.45, 2.75) is 141 Å². The molecule has 24 nitrogen and oxygen atoms in total. The van der Waals surface area contributed by atoms with Gasteiger partial charge in [0.05, 0.1) is 12.1 Å². The molecule has 1 fully saturated rings. The molecule has 84 heavy (non-hydrogen) atoms. The van der Waals surface area contributed by atoms with E-state index in [0.717, 1.165) is 61.8 Å². The van der Waals surface area contributed by atoms with Crippen LogP contribution in [0.2, 0.25) is 5.02 Å². The summed E-state index contributed by atoms with van der Waals surface area (Å²) >= 11 is 6.58. The molecule has 1 aromatic heterocycles. The van der Waals surface area contributed by atoms with E-state index in [-0.39, 0.29) is 86.8 Å². The van der Waals surface area contributed by atoms with Crippen LogP contribution in [0, 0.1) is 17.8 Å².